The predicted octanol–water partition coefficient (Wildman–Crippen LogP) is 3.85. The third kappa shape index (κ3) is 2.50. The molecule has 3 heteroatoms. The van der Waals surface area contributed by atoms with Gasteiger partial charge in [0.25, 0.3) is 0 Å². The van der Waals surface area contributed by atoms with Crippen molar-refractivity contribution < 1.29 is 14.3 Å². The van der Waals surface area contributed by atoms with E-state index >= 15 is 0 Å². The molecule has 1 fully saturated rings. The molecule has 4 rings (SSSR count). The zero-order chi connectivity index (χ0) is 15.7. The Labute approximate surface area is 131 Å². The van der Waals surface area contributed by atoms with Crippen molar-refractivity contribution in [3.63, 3.8) is 0 Å². The van der Waals surface area contributed by atoms with Crippen molar-refractivity contribution in [2.24, 2.45) is 17.3 Å². The molecule has 1 aromatic carbocycles. The van der Waals surface area contributed by atoms with Gasteiger partial charge in [-0.05, 0) is 35.5 Å². The van der Waals surface area contributed by atoms with Crippen molar-refractivity contribution in [1.29, 1.82) is 0 Å². The number of hydrogen-bond donors (Lipinski definition) is 0. The van der Waals surface area contributed by atoms with Crippen LogP contribution in [-0.2, 0) is 9.53 Å². The summed E-state index contributed by atoms with van der Waals surface area (Å²) in [5, 5.41) is 0. The van der Waals surface area contributed by atoms with Crippen LogP contribution in [0, 0.1) is 17.3 Å². The first-order valence-corrected chi connectivity index (χ1v) is 7.68. The smallest absolute Gasteiger partial charge is 0.188 e. The molecule has 0 radical (unpaired) electrons. The SMILES string of the molecule is COCOc1ccccc1/C=C/C1=CC(=O)[C@H]2C[C@@H]1C2(C)C. The Bertz CT molecular complexity index is 640. The molecule has 3 aliphatic rings. The van der Waals surface area contributed by atoms with Crippen LogP contribution in [0.2, 0.25) is 0 Å². The highest BCUT2D eigenvalue weighted by Gasteiger charge is 2.54. The third-order valence-corrected chi connectivity index (χ3v) is 5.03. The van der Waals surface area contributed by atoms with Gasteiger partial charge in [0.2, 0.25) is 0 Å². The number of rotatable bonds is 5. The fourth-order valence-corrected chi connectivity index (χ4v) is 3.56. The van der Waals surface area contributed by atoms with Gasteiger partial charge in [-0.15, -0.1) is 0 Å². The predicted molar refractivity (Wildman–Crippen MR) is 86.4 cm³/mol. The Morgan fingerprint density at radius 2 is 2.00 bits per heavy atom. The zero-order valence-electron chi connectivity index (χ0n) is 13.3. The Kier molecular flexibility index (Phi) is 3.92. The van der Waals surface area contributed by atoms with Crippen molar-refractivity contribution >= 4 is 11.9 Å². The van der Waals surface area contributed by atoms with Gasteiger partial charge in [0, 0.05) is 18.6 Å². The second-order valence-electron chi connectivity index (χ2n) is 6.63. The van der Waals surface area contributed by atoms with Crippen LogP contribution < -0.4 is 4.74 Å². The van der Waals surface area contributed by atoms with Crippen molar-refractivity contribution in [1.82, 2.24) is 0 Å². The molecule has 1 aromatic rings. The summed E-state index contributed by atoms with van der Waals surface area (Å²) in [5.41, 5.74) is 2.23. The summed E-state index contributed by atoms with van der Waals surface area (Å²) >= 11 is 0. The monoisotopic (exact) mass is 298 g/mol. The Morgan fingerprint density at radius 3 is 2.68 bits per heavy atom. The van der Waals surface area contributed by atoms with Gasteiger partial charge < -0.3 is 9.47 Å². The molecule has 2 atom stereocenters. The van der Waals surface area contributed by atoms with Crippen LogP contribution in [0.5, 0.6) is 5.75 Å². The van der Waals surface area contributed by atoms with Crippen molar-refractivity contribution in [2.45, 2.75) is 20.3 Å². The fourth-order valence-electron chi connectivity index (χ4n) is 3.56. The quantitative estimate of drug-likeness (QED) is 0.774. The van der Waals surface area contributed by atoms with Crippen molar-refractivity contribution in [2.75, 3.05) is 13.9 Å². The van der Waals surface area contributed by atoms with E-state index in [0.717, 1.165) is 23.3 Å². The van der Waals surface area contributed by atoms with E-state index in [1.165, 1.54) is 0 Å². The lowest BCUT2D eigenvalue weighted by Gasteiger charge is -2.54. The lowest BCUT2D eigenvalue weighted by Crippen LogP contribution is -2.52. The van der Waals surface area contributed by atoms with E-state index in [0.29, 0.717) is 5.92 Å². The molecule has 0 amide bonds. The van der Waals surface area contributed by atoms with Crippen LogP contribution in [0.1, 0.15) is 25.8 Å². The van der Waals surface area contributed by atoms with Crippen LogP contribution in [0.3, 0.4) is 0 Å². The van der Waals surface area contributed by atoms with Crippen LogP contribution in [-0.4, -0.2) is 19.7 Å². The Balaban J connectivity index is 1.82. The molecule has 0 heterocycles. The van der Waals surface area contributed by atoms with E-state index in [9.17, 15) is 4.79 Å². The molecular formula is C19H22O3. The number of carbonyl (C=O) groups is 1. The lowest BCUT2D eigenvalue weighted by atomic mass is 9.48. The zero-order valence-corrected chi connectivity index (χ0v) is 13.3. The summed E-state index contributed by atoms with van der Waals surface area (Å²) in [7, 11) is 1.60. The highest BCUT2D eigenvalue weighted by atomic mass is 16.7. The number of benzene rings is 1. The minimum atomic E-state index is 0.0948. The van der Waals surface area contributed by atoms with Gasteiger partial charge in [0.05, 0.1) is 0 Å². The molecule has 22 heavy (non-hydrogen) atoms. The topological polar surface area (TPSA) is 35.5 Å². The summed E-state index contributed by atoms with van der Waals surface area (Å²) < 4.78 is 10.5. The van der Waals surface area contributed by atoms with Gasteiger partial charge in [-0.3, -0.25) is 4.79 Å². The molecule has 0 aliphatic heterocycles. The minimum Gasteiger partial charge on any atom is -0.467 e. The molecule has 2 bridgehead atoms. The van der Waals surface area contributed by atoms with Crippen LogP contribution in [0.4, 0.5) is 0 Å². The van der Waals surface area contributed by atoms with E-state index in [1.54, 1.807) is 7.11 Å². The van der Waals surface area contributed by atoms with Crippen molar-refractivity contribution in [3.8, 4) is 5.75 Å². The fraction of sp³-hybridized carbons (Fsp3) is 0.421. The number of ketones is 1. The highest BCUT2D eigenvalue weighted by molar-refractivity contribution is 5.96. The normalized spacial score (nSPS) is 25.8. The van der Waals surface area contributed by atoms with E-state index in [4.69, 9.17) is 9.47 Å². The third-order valence-electron chi connectivity index (χ3n) is 5.03. The summed E-state index contributed by atoms with van der Waals surface area (Å²) in [4.78, 5) is 12.1. The molecular weight excluding hydrogens is 276 g/mol. The van der Waals surface area contributed by atoms with Crippen LogP contribution >= 0.6 is 0 Å². The van der Waals surface area contributed by atoms with Crippen molar-refractivity contribution in [3.05, 3.63) is 47.6 Å². The van der Waals surface area contributed by atoms with Gasteiger partial charge in [-0.1, -0.05) is 44.2 Å². The average molecular weight is 298 g/mol. The molecule has 0 saturated heterocycles. The molecule has 0 spiro atoms. The van der Waals surface area contributed by atoms with Gasteiger partial charge in [-0.2, -0.15) is 0 Å². The number of para-hydroxylation sites is 1. The first-order valence-electron chi connectivity index (χ1n) is 7.68. The van der Waals surface area contributed by atoms with E-state index in [1.807, 2.05) is 36.4 Å². The van der Waals surface area contributed by atoms with Gasteiger partial charge in [0.15, 0.2) is 12.6 Å². The number of ether oxygens (including phenoxy) is 2. The van der Waals surface area contributed by atoms with Gasteiger partial charge in [0.1, 0.15) is 5.75 Å². The largest absolute Gasteiger partial charge is 0.467 e. The average Bonchev–Trinajstić information content (AvgIpc) is 2.50. The summed E-state index contributed by atoms with van der Waals surface area (Å²) in [5.74, 6) is 1.76. The summed E-state index contributed by atoms with van der Waals surface area (Å²) in [6.45, 7) is 4.61. The molecule has 3 aliphatic carbocycles. The number of methoxy groups -OCH3 is 1. The second kappa shape index (κ2) is 5.73. The van der Waals surface area contributed by atoms with Crippen LogP contribution in [0.15, 0.2) is 42.0 Å². The maximum atomic E-state index is 12.1. The second-order valence-corrected chi connectivity index (χ2v) is 6.63. The minimum absolute atomic E-state index is 0.0948. The number of carbonyl (C=O) groups excluding carboxylic acids is 1. The lowest BCUT2D eigenvalue weighted by molar-refractivity contribution is -0.133. The maximum absolute atomic E-state index is 12.1. The molecule has 3 nitrogen and oxygen atoms in total. The highest BCUT2D eigenvalue weighted by Crippen LogP contribution is 2.58. The van der Waals surface area contributed by atoms with E-state index in [-0.39, 0.29) is 23.9 Å². The Morgan fingerprint density at radius 1 is 1.23 bits per heavy atom. The number of fused-ring (bicyclic) bond motifs is 1. The van der Waals surface area contributed by atoms with Gasteiger partial charge >= 0.3 is 0 Å². The molecule has 1 saturated carbocycles. The van der Waals surface area contributed by atoms with E-state index < -0.39 is 0 Å². The number of allylic oxidation sites excluding steroid dienone is 3. The molecule has 116 valence electrons. The van der Waals surface area contributed by atoms with Gasteiger partial charge in [-0.25, -0.2) is 0 Å². The molecule has 0 aromatic heterocycles. The number of hydrogen-bond acceptors (Lipinski definition) is 3. The summed E-state index contributed by atoms with van der Waals surface area (Å²) in [6, 6.07) is 7.83. The first-order chi connectivity index (χ1) is 10.5. The maximum Gasteiger partial charge on any atom is 0.188 e. The first kappa shape index (κ1) is 15.0. The molecule has 0 unspecified atom stereocenters. The molecule has 0 N–H and O–H groups in total. The standard InChI is InChI=1S/C19H22O3/c1-19(2)15-11-16(19)17(20)10-14(15)9-8-13-6-4-5-7-18(13)22-12-21-3/h4-10,15-16H,11-12H2,1-3H3/b9-8+/t15-,16+/m0/s1. The summed E-state index contributed by atoms with van der Waals surface area (Å²) in [6.07, 6.45) is 6.90. The van der Waals surface area contributed by atoms with Crippen LogP contribution in [0.25, 0.3) is 6.08 Å². The Hall–Kier alpha value is -1.87. The van der Waals surface area contributed by atoms with E-state index in [2.05, 4.69) is 19.9 Å².